The first-order valence-electron chi connectivity index (χ1n) is 5.53. The van der Waals surface area contributed by atoms with E-state index in [2.05, 4.69) is 15.0 Å². The summed E-state index contributed by atoms with van der Waals surface area (Å²) in [5.41, 5.74) is 5.53. The highest BCUT2D eigenvalue weighted by atomic mass is 35.5. The van der Waals surface area contributed by atoms with Crippen LogP contribution in [0.3, 0.4) is 0 Å². The zero-order valence-corrected chi connectivity index (χ0v) is 10.1. The lowest BCUT2D eigenvalue weighted by atomic mass is 10.1. The third-order valence-corrected chi connectivity index (χ3v) is 3.13. The van der Waals surface area contributed by atoms with Crippen molar-refractivity contribution in [3.05, 3.63) is 5.28 Å². The lowest BCUT2D eigenvalue weighted by Gasteiger charge is -2.20. The molecule has 1 aromatic heterocycles. The first kappa shape index (κ1) is 11.4. The number of hydrogen-bond acceptors (Lipinski definition) is 5. The Bertz CT molecular complexity index is 344. The zero-order valence-electron chi connectivity index (χ0n) is 9.36. The van der Waals surface area contributed by atoms with Gasteiger partial charge in [-0.05, 0) is 30.4 Å². The fourth-order valence-electron chi connectivity index (χ4n) is 2.19. The smallest absolute Gasteiger partial charge is 0.231 e. The predicted molar refractivity (Wildman–Crippen MR) is 64.5 cm³/mol. The van der Waals surface area contributed by atoms with Gasteiger partial charge in [-0.1, -0.05) is 12.8 Å². The molecule has 1 heterocycles. The minimum Gasteiger partial charge on any atom is -0.368 e. The number of aromatic nitrogens is 3. The summed E-state index contributed by atoms with van der Waals surface area (Å²) >= 11 is 5.74. The van der Waals surface area contributed by atoms with Crippen LogP contribution in [0.5, 0.6) is 0 Å². The summed E-state index contributed by atoms with van der Waals surface area (Å²) in [6.07, 6.45) is 5.24. The third-order valence-electron chi connectivity index (χ3n) is 2.96. The van der Waals surface area contributed by atoms with E-state index in [1.54, 1.807) is 0 Å². The van der Waals surface area contributed by atoms with Gasteiger partial charge >= 0.3 is 0 Å². The predicted octanol–water partition coefficient (Wildman–Crippen LogP) is 1.73. The molecule has 0 saturated heterocycles. The van der Waals surface area contributed by atoms with E-state index in [0.717, 1.165) is 12.5 Å². The maximum Gasteiger partial charge on any atom is 0.231 e. The lowest BCUT2D eigenvalue weighted by molar-refractivity contribution is 0.542. The summed E-state index contributed by atoms with van der Waals surface area (Å²) in [7, 11) is 1.96. The molecule has 1 saturated carbocycles. The Balaban J connectivity index is 2.04. The highest BCUT2D eigenvalue weighted by Gasteiger charge is 2.18. The molecule has 2 N–H and O–H groups in total. The third kappa shape index (κ3) is 2.72. The molecule has 0 atom stereocenters. The van der Waals surface area contributed by atoms with Gasteiger partial charge in [-0.25, -0.2) is 0 Å². The Labute approximate surface area is 100 Å². The van der Waals surface area contributed by atoms with E-state index >= 15 is 0 Å². The van der Waals surface area contributed by atoms with Gasteiger partial charge in [-0.15, -0.1) is 0 Å². The van der Waals surface area contributed by atoms with Crippen LogP contribution in [0.4, 0.5) is 11.9 Å². The number of nitrogens with two attached hydrogens (primary N) is 1. The molecular formula is C10H16ClN5. The summed E-state index contributed by atoms with van der Waals surface area (Å²) < 4.78 is 0. The Morgan fingerprint density at radius 2 is 2.00 bits per heavy atom. The number of anilines is 2. The molecule has 0 spiro atoms. The average molecular weight is 242 g/mol. The number of rotatable bonds is 3. The Morgan fingerprint density at radius 1 is 1.31 bits per heavy atom. The van der Waals surface area contributed by atoms with Crippen molar-refractivity contribution in [1.29, 1.82) is 0 Å². The molecule has 88 valence electrons. The second kappa shape index (κ2) is 4.82. The van der Waals surface area contributed by atoms with E-state index in [1.165, 1.54) is 25.7 Å². The molecule has 0 amide bonds. The van der Waals surface area contributed by atoms with E-state index in [0.29, 0.717) is 5.95 Å². The van der Waals surface area contributed by atoms with Crippen LogP contribution in [0.1, 0.15) is 25.7 Å². The molecule has 0 aliphatic heterocycles. The van der Waals surface area contributed by atoms with Gasteiger partial charge < -0.3 is 10.6 Å². The summed E-state index contributed by atoms with van der Waals surface area (Å²) in [6.45, 7) is 0.958. The maximum atomic E-state index is 5.74. The zero-order chi connectivity index (χ0) is 11.5. The van der Waals surface area contributed by atoms with Crippen LogP contribution in [0.25, 0.3) is 0 Å². The van der Waals surface area contributed by atoms with Crippen LogP contribution in [-0.2, 0) is 0 Å². The molecule has 1 aromatic rings. The van der Waals surface area contributed by atoms with Gasteiger partial charge in [0, 0.05) is 13.6 Å². The summed E-state index contributed by atoms with van der Waals surface area (Å²) in [5, 5.41) is 0.153. The molecule has 1 fully saturated rings. The van der Waals surface area contributed by atoms with Crippen LogP contribution in [-0.4, -0.2) is 28.5 Å². The van der Waals surface area contributed by atoms with Crippen molar-refractivity contribution >= 4 is 23.5 Å². The Morgan fingerprint density at radius 3 is 2.62 bits per heavy atom. The second-order valence-corrected chi connectivity index (χ2v) is 4.63. The van der Waals surface area contributed by atoms with Crippen LogP contribution in [0.15, 0.2) is 0 Å². The quantitative estimate of drug-likeness (QED) is 0.873. The van der Waals surface area contributed by atoms with Gasteiger partial charge in [0.25, 0.3) is 0 Å². The molecule has 1 aliphatic carbocycles. The van der Waals surface area contributed by atoms with Gasteiger partial charge in [-0.3, -0.25) is 0 Å². The van der Waals surface area contributed by atoms with E-state index in [4.69, 9.17) is 17.3 Å². The minimum atomic E-state index is 0.153. The number of hydrogen-bond donors (Lipinski definition) is 1. The highest BCUT2D eigenvalue weighted by Crippen LogP contribution is 2.26. The van der Waals surface area contributed by atoms with Crippen molar-refractivity contribution in [2.24, 2.45) is 5.92 Å². The number of nitrogens with zero attached hydrogens (tertiary/aromatic N) is 4. The summed E-state index contributed by atoms with van der Waals surface area (Å²) in [4.78, 5) is 13.9. The fraction of sp³-hybridized carbons (Fsp3) is 0.700. The van der Waals surface area contributed by atoms with Gasteiger partial charge in [0.15, 0.2) is 0 Å². The van der Waals surface area contributed by atoms with Gasteiger partial charge in [0.2, 0.25) is 17.2 Å². The first-order chi connectivity index (χ1) is 7.65. The molecule has 0 aromatic carbocycles. The topological polar surface area (TPSA) is 67.9 Å². The molecule has 1 aliphatic rings. The molecule has 0 bridgehead atoms. The Hall–Kier alpha value is -1.10. The van der Waals surface area contributed by atoms with Crippen LogP contribution >= 0.6 is 11.6 Å². The molecule has 0 radical (unpaired) electrons. The van der Waals surface area contributed by atoms with E-state index < -0.39 is 0 Å². The standard InChI is InChI=1S/C10H16ClN5/c1-16(6-7-4-2-3-5-7)10-14-8(11)13-9(12)15-10/h7H,2-6H2,1H3,(H2,12,13,14,15). The highest BCUT2D eigenvalue weighted by molar-refractivity contribution is 6.28. The summed E-state index contributed by atoms with van der Waals surface area (Å²) in [6, 6.07) is 0. The molecule has 5 nitrogen and oxygen atoms in total. The molecule has 6 heteroatoms. The lowest BCUT2D eigenvalue weighted by Crippen LogP contribution is -2.26. The molecule has 2 rings (SSSR count). The minimum absolute atomic E-state index is 0.153. The summed E-state index contributed by atoms with van der Waals surface area (Å²) in [5.74, 6) is 1.47. The van der Waals surface area contributed by atoms with Crippen LogP contribution in [0.2, 0.25) is 5.28 Å². The SMILES string of the molecule is CN(CC1CCCC1)c1nc(N)nc(Cl)n1. The van der Waals surface area contributed by atoms with Crippen molar-refractivity contribution in [2.75, 3.05) is 24.2 Å². The van der Waals surface area contributed by atoms with E-state index in [9.17, 15) is 0 Å². The van der Waals surface area contributed by atoms with Gasteiger partial charge in [-0.2, -0.15) is 15.0 Å². The average Bonchev–Trinajstić information content (AvgIpc) is 2.68. The van der Waals surface area contributed by atoms with Gasteiger partial charge in [0.05, 0.1) is 0 Å². The van der Waals surface area contributed by atoms with Crippen molar-refractivity contribution in [3.63, 3.8) is 0 Å². The van der Waals surface area contributed by atoms with Crippen molar-refractivity contribution in [2.45, 2.75) is 25.7 Å². The van der Waals surface area contributed by atoms with E-state index in [1.807, 2.05) is 11.9 Å². The monoisotopic (exact) mass is 241 g/mol. The van der Waals surface area contributed by atoms with Crippen molar-refractivity contribution < 1.29 is 0 Å². The number of halogens is 1. The number of nitrogen functional groups attached to an aromatic ring is 1. The van der Waals surface area contributed by atoms with Crippen LogP contribution < -0.4 is 10.6 Å². The first-order valence-corrected chi connectivity index (χ1v) is 5.91. The largest absolute Gasteiger partial charge is 0.368 e. The normalized spacial score (nSPS) is 16.6. The van der Waals surface area contributed by atoms with Crippen molar-refractivity contribution in [1.82, 2.24) is 15.0 Å². The molecule has 16 heavy (non-hydrogen) atoms. The fourth-order valence-corrected chi connectivity index (χ4v) is 2.35. The van der Waals surface area contributed by atoms with Gasteiger partial charge in [0.1, 0.15) is 0 Å². The molecule has 0 unspecified atom stereocenters. The molecular weight excluding hydrogens is 226 g/mol. The second-order valence-electron chi connectivity index (χ2n) is 4.29. The van der Waals surface area contributed by atoms with E-state index in [-0.39, 0.29) is 11.2 Å². The maximum absolute atomic E-state index is 5.74. The Kier molecular flexibility index (Phi) is 3.43. The van der Waals surface area contributed by atoms with Crippen molar-refractivity contribution in [3.8, 4) is 0 Å². The van der Waals surface area contributed by atoms with Crippen LogP contribution in [0, 0.1) is 5.92 Å².